The first kappa shape index (κ1) is 26.7. The van der Waals surface area contributed by atoms with E-state index in [1.165, 1.54) is 25.7 Å². The Hall–Kier alpha value is -1.30. The van der Waals surface area contributed by atoms with Crippen molar-refractivity contribution in [3.63, 3.8) is 0 Å². The highest BCUT2D eigenvalue weighted by Crippen LogP contribution is 2.15. The molecule has 0 unspecified atom stereocenters. The number of hydrogen-bond acceptors (Lipinski definition) is 5. The molecule has 0 rings (SSSR count). The molecule has 0 aliphatic heterocycles. The molecule has 28 heavy (non-hydrogen) atoms. The fourth-order valence-electron chi connectivity index (χ4n) is 2.80. The zero-order valence-corrected chi connectivity index (χ0v) is 18.8. The van der Waals surface area contributed by atoms with Gasteiger partial charge in [-0.05, 0) is 39.3 Å². The highest BCUT2D eigenvalue weighted by atomic mass is 16.6. The Morgan fingerprint density at radius 3 is 2.29 bits per heavy atom. The standard InChI is InChI=1S/C22H44N2O4/c1-5-8-10-11-12-13-14-20(15-16-21(25)27-19-9-6-2)28-22(26)23-17-18-24(4)7-3/h20H,5-19H2,1-4H3,(H,23,26)/t20-/m0/s1. The van der Waals surface area contributed by atoms with Crippen LogP contribution in [0.15, 0.2) is 0 Å². The van der Waals surface area contributed by atoms with Crippen molar-refractivity contribution in [2.24, 2.45) is 0 Å². The molecule has 0 bridgehead atoms. The number of nitrogens with one attached hydrogen (secondary N) is 1. The molecule has 0 aromatic carbocycles. The summed E-state index contributed by atoms with van der Waals surface area (Å²) in [6.07, 6.45) is 10.1. The SMILES string of the molecule is CCCCCCCC[C@@H](CCC(=O)OCCCC)OC(=O)NCCN(C)CC. The van der Waals surface area contributed by atoms with Crippen LogP contribution in [0.4, 0.5) is 4.79 Å². The lowest BCUT2D eigenvalue weighted by atomic mass is 10.0. The fraction of sp³-hybridized carbons (Fsp3) is 0.909. The quantitative estimate of drug-likeness (QED) is 0.262. The number of esters is 1. The van der Waals surface area contributed by atoms with Gasteiger partial charge in [0.25, 0.3) is 0 Å². The minimum atomic E-state index is -0.389. The molecule has 1 N–H and O–H groups in total. The van der Waals surface area contributed by atoms with Crippen LogP contribution in [-0.2, 0) is 14.3 Å². The van der Waals surface area contributed by atoms with E-state index in [2.05, 4.69) is 31.0 Å². The molecule has 0 saturated heterocycles. The molecule has 0 aromatic heterocycles. The summed E-state index contributed by atoms with van der Waals surface area (Å²) >= 11 is 0. The lowest BCUT2D eigenvalue weighted by molar-refractivity contribution is -0.144. The minimum Gasteiger partial charge on any atom is -0.466 e. The predicted octanol–water partition coefficient (Wildman–Crippen LogP) is 4.91. The van der Waals surface area contributed by atoms with Gasteiger partial charge in [0, 0.05) is 19.5 Å². The number of ether oxygens (including phenoxy) is 2. The highest BCUT2D eigenvalue weighted by Gasteiger charge is 2.16. The van der Waals surface area contributed by atoms with E-state index >= 15 is 0 Å². The van der Waals surface area contributed by atoms with Crippen molar-refractivity contribution < 1.29 is 19.1 Å². The van der Waals surface area contributed by atoms with Crippen molar-refractivity contribution in [1.29, 1.82) is 0 Å². The molecule has 0 radical (unpaired) electrons. The summed E-state index contributed by atoms with van der Waals surface area (Å²) in [6, 6.07) is 0. The number of hydrogen-bond donors (Lipinski definition) is 1. The van der Waals surface area contributed by atoms with E-state index in [0.29, 0.717) is 26.0 Å². The molecule has 0 fully saturated rings. The van der Waals surface area contributed by atoms with Gasteiger partial charge in [0.15, 0.2) is 0 Å². The summed E-state index contributed by atoms with van der Waals surface area (Å²) in [7, 11) is 2.01. The van der Waals surface area contributed by atoms with Crippen molar-refractivity contribution in [2.75, 3.05) is 33.3 Å². The number of carbonyl (C=O) groups excluding carboxylic acids is 2. The molecule has 0 aromatic rings. The summed E-state index contributed by atoms with van der Waals surface area (Å²) in [5, 5.41) is 2.81. The largest absolute Gasteiger partial charge is 0.466 e. The van der Waals surface area contributed by atoms with Gasteiger partial charge in [-0.25, -0.2) is 4.79 Å². The molecule has 166 valence electrons. The Labute approximate surface area is 172 Å². The van der Waals surface area contributed by atoms with E-state index in [0.717, 1.165) is 45.2 Å². The molecule has 6 nitrogen and oxygen atoms in total. The molecular weight excluding hydrogens is 356 g/mol. The number of alkyl carbamates (subject to hydrolysis) is 1. The first-order valence-corrected chi connectivity index (χ1v) is 11.3. The zero-order chi connectivity index (χ0) is 21.0. The molecule has 0 saturated carbocycles. The van der Waals surface area contributed by atoms with E-state index < -0.39 is 0 Å². The van der Waals surface area contributed by atoms with Gasteiger partial charge in [0.05, 0.1) is 6.61 Å². The van der Waals surface area contributed by atoms with E-state index in [9.17, 15) is 9.59 Å². The Morgan fingerprint density at radius 2 is 1.61 bits per heavy atom. The van der Waals surface area contributed by atoms with Crippen LogP contribution in [0.3, 0.4) is 0 Å². The van der Waals surface area contributed by atoms with Gasteiger partial charge in [-0.2, -0.15) is 0 Å². The Bertz CT molecular complexity index is 391. The van der Waals surface area contributed by atoms with Gasteiger partial charge >= 0.3 is 12.1 Å². The summed E-state index contributed by atoms with van der Waals surface area (Å²) < 4.78 is 10.8. The summed E-state index contributed by atoms with van der Waals surface area (Å²) in [5.74, 6) is -0.199. The van der Waals surface area contributed by atoms with Gasteiger partial charge in [0.2, 0.25) is 0 Å². The van der Waals surface area contributed by atoms with E-state index in [1.54, 1.807) is 0 Å². The van der Waals surface area contributed by atoms with Crippen molar-refractivity contribution in [3.05, 3.63) is 0 Å². The number of nitrogens with zero attached hydrogens (tertiary/aromatic N) is 1. The summed E-state index contributed by atoms with van der Waals surface area (Å²) in [6.45, 7) is 9.12. The molecule has 6 heteroatoms. The summed E-state index contributed by atoms with van der Waals surface area (Å²) in [4.78, 5) is 26.1. The maximum Gasteiger partial charge on any atom is 0.407 e. The second kappa shape index (κ2) is 19.0. The van der Waals surface area contributed by atoms with Gasteiger partial charge in [-0.15, -0.1) is 0 Å². The molecule has 0 spiro atoms. The van der Waals surface area contributed by atoms with E-state index in [4.69, 9.17) is 9.47 Å². The minimum absolute atomic E-state index is 0.199. The Balaban J connectivity index is 4.25. The maximum atomic E-state index is 12.1. The lowest BCUT2D eigenvalue weighted by Crippen LogP contribution is -2.35. The molecule has 0 heterocycles. The van der Waals surface area contributed by atoms with Crippen LogP contribution in [0.25, 0.3) is 0 Å². The smallest absolute Gasteiger partial charge is 0.407 e. The van der Waals surface area contributed by atoms with Crippen LogP contribution in [-0.4, -0.2) is 56.4 Å². The molecule has 0 aliphatic rings. The first-order chi connectivity index (χ1) is 13.5. The average Bonchev–Trinajstić information content (AvgIpc) is 2.68. The fourth-order valence-corrected chi connectivity index (χ4v) is 2.80. The van der Waals surface area contributed by atoms with Crippen LogP contribution in [0, 0.1) is 0 Å². The molecule has 1 amide bonds. The average molecular weight is 401 g/mol. The first-order valence-electron chi connectivity index (χ1n) is 11.3. The molecule has 0 aliphatic carbocycles. The van der Waals surface area contributed by atoms with Gasteiger partial charge in [-0.3, -0.25) is 4.79 Å². The predicted molar refractivity (Wildman–Crippen MR) is 115 cm³/mol. The third-order valence-corrected chi connectivity index (χ3v) is 4.89. The number of likely N-dealkylation sites (N-methyl/N-ethyl adjacent to an activating group) is 1. The Kier molecular flexibility index (Phi) is 18.2. The van der Waals surface area contributed by atoms with Crippen molar-refractivity contribution in [1.82, 2.24) is 10.2 Å². The van der Waals surface area contributed by atoms with Crippen LogP contribution in [0.2, 0.25) is 0 Å². The molecular formula is C22H44N2O4. The van der Waals surface area contributed by atoms with Crippen molar-refractivity contribution in [2.45, 2.75) is 97.5 Å². The van der Waals surface area contributed by atoms with Crippen LogP contribution in [0.1, 0.15) is 91.4 Å². The van der Waals surface area contributed by atoms with Crippen LogP contribution < -0.4 is 5.32 Å². The zero-order valence-electron chi connectivity index (χ0n) is 18.8. The Morgan fingerprint density at radius 1 is 0.929 bits per heavy atom. The van der Waals surface area contributed by atoms with Gasteiger partial charge in [0.1, 0.15) is 6.10 Å². The second-order valence-electron chi connectivity index (χ2n) is 7.52. The number of carbonyl (C=O) groups is 2. The topological polar surface area (TPSA) is 67.9 Å². The third kappa shape index (κ3) is 16.8. The normalized spacial score (nSPS) is 12.0. The third-order valence-electron chi connectivity index (χ3n) is 4.89. The van der Waals surface area contributed by atoms with Crippen molar-refractivity contribution >= 4 is 12.1 Å². The van der Waals surface area contributed by atoms with E-state index in [-0.39, 0.29) is 18.2 Å². The highest BCUT2D eigenvalue weighted by molar-refractivity contribution is 5.69. The second-order valence-corrected chi connectivity index (χ2v) is 7.52. The summed E-state index contributed by atoms with van der Waals surface area (Å²) in [5.41, 5.74) is 0. The van der Waals surface area contributed by atoms with Crippen LogP contribution in [0.5, 0.6) is 0 Å². The van der Waals surface area contributed by atoms with Gasteiger partial charge < -0.3 is 19.7 Å². The van der Waals surface area contributed by atoms with Gasteiger partial charge in [-0.1, -0.05) is 59.3 Å². The molecule has 1 atom stereocenters. The lowest BCUT2D eigenvalue weighted by Gasteiger charge is -2.19. The maximum absolute atomic E-state index is 12.1. The number of rotatable bonds is 18. The number of amides is 1. The van der Waals surface area contributed by atoms with Crippen LogP contribution >= 0.6 is 0 Å². The van der Waals surface area contributed by atoms with Crippen molar-refractivity contribution in [3.8, 4) is 0 Å². The number of unbranched alkanes of at least 4 members (excludes halogenated alkanes) is 6. The van der Waals surface area contributed by atoms with E-state index in [1.807, 2.05) is 7.05 Å². The monoisotopic (exact) mass is 400 g/mol.